The first-order valence-corrected chi connectivity index (χ1v) is 14.1. The molecule has 4 rings (SSSR count). The summed E-state index contributed by atoms with van der Waals surface area (Å²) in [6.07, 6.45) is 0. The SMILES string of the molecule is COc1ccc(CSC[C@H](C(=O)NO)N(Cc2ccc3c(c2)OCO3)S(=O)(=O)c2ccc(OC)cc2)cc1. The Morgan fingerprint density at radius 2 is 1.58 bits per heavy atom. The highest BCUT2D eigenvalue weighted by atomic mass is 32.2. The lowest BCUT2D eigenvalue weighted by atomic mass is 10.2. The number of amides is 1. The van der Waals surface area contributed by atoms with E-state index in [1.54, 1.807) is 30.8 Å². The Morgan fingerprint density at radius 3 is 2.21 bits per heavy atom. The molecule has 1 aliphatic heterocycles. The summed E-state index contributed by atoms with van der Waals surface area (Å²) in [5.74, 6) is 2.00. The van der Waals surface area contributed by atoms with Crippen molar-refractivity contribution in [2.75, 3.05) is 26.8 Å². The molecule has 0 aliphatic carbocycles. The molecule has 0 saturated heterocycles. The standard InChI is InChI=1S/C26H28N2O8S2/c1-33-20-6-3-18(4-7-20)15-37-16-23(26(29)27-30)28(14-19-5-12-24-25(13-19)36-17-35-24)38(31,32)22-10-8-21(34-2)9-11-22/h3-13,23,30H,14-17H2,1-2H3,(H,27,29)/t23-/m1/s1. The number of hydrogen-bond acceptors (Lipinski definition) is 9. The summed E-state index contributed by atoms with van der Waals surface area (Å²) < 4.78 is 50.0. The van der Waals surface area contributed by atoms with E-state index in [-0.39, 0.29) is 24.0 Å². The van der Waals surface area contributed by atoms with Gasteiger partial charge in [-0.2, -0.15) is 16.1 Å². The summed E-state index contributed by atoms with van der Waals surface area (Å²) in [4.78, 5) is 12.9. The predicted molar refractivity (Wildman–Crippen MR) is 141 cm³/mol. The molecule has 3 aromatic carbocycles. The van der Waals surface area contributed by atoms with Crippen LogP contribution in [0, 0.1) is 0 Å². The Bertz CT molecular complexity index is 1350. The number of carbonyl (C=O) groups excluding carboxylic acids is 1. The lowest BCUT2D eigenvalue weighted by Crippen LogP contribution is -2.50. The zero-order chi connectivity index (χ0) is 27.1. The van der Waals surface area contributed by atoms with Crippen LogP contribution in [0.2, 0.25) is 0 Å². The molecule has 1 aliphatic rings. The fourth-order valence-electron chi connectivity index (χ4n) is 3.84. The fraction of sp³-hybridized carbons (Fsp3) is 0.269. The molecule has 12 heteroatoms. The van der Waals surface area contributed by atoms with E-state index in [1.165, 1.54) is 43.1 Å². The third kappa shape index (κ3) is 6.33. The van der Waals surface area contributed by atoms with Gasteiger partial charge >= 0.3 is 0 Å². The molecule has 0 bridgehead atoms. The average Bonchev–Trinajstić information content (AvgIpc) is 3.42. The minimum atomic E-state index is -4.19. The monoisotopic (exact) mass is 560 g/mol. The summed E-state index contributed by atoms with van der Waals surface area (Å²) in [5.41, 5.74) is 3.20. The van der Waals surface area contributed by atoms with Gasteiger partial charge in [-0.25, -0.2) is 13.9 Å². The van der Waals surface area contributed by atoms with Gasteiger partial charge in [-0.15, -0.1) is 0 Å². The van der Waals surface area contributed by atoms with Crippen molar-refractivity contribution < 1.29 is 37.4 Å². The number of methoxy groups -OCH3 is 2. The number of hydroxylamine groups is 1. The molecule has 0 saturated carbocycles. The van der Waals surface area contributed by atoms with Crippen molar-refractivity contribution in [3.8, 4) is 23.0 Å². The number of ether oxygens (including phenoxy) is 4. The molecule has 10 nitrogen and oxygen atoms in total. The lowest BCUT2D eigenvalue weighted by molar-refractivity contribution is -0.132. The van der Waals surface area contributed by atoms with Gasteiger partial charge in [-0.3, -0.25) is 10.0 Å². The molecule has 0 fully saturated rings. The maximum absolute atomic E-state index is 13.9. The highest BCUT2D eigenvalue weighted by Gasteiger charge is 2.36. The van der Waals surface area contributed by atoms with E-state index in [1.807, 2.05) is 24.3 Å². The number of nitrogens with one attached hydrogen (secondary N) is 1. The van der Waals surface area contributed by atoms with Crippen LogP contribution in [0.5, 0.6) is 23.0 Å². The van der Waals surface area contributed by atoms with Crippen molar-refractivity contribution in [3.05, 3.63) is 77.9 Å². The molecule has 0 radical (unpaired) electrons. The van der Waals surface area contributed by atoms with Gasteiger partial charge in [0.1, 0.15) is 17.5 Å². The van der Waals surface area contributed by atoms with Gasteiger partial charge in [0, 0.05) is 18.1 Å². The molecule has 2 N–H and O–H groups in total. The third-order valence-corrected chi connectivity index (χ3v) is 8.86. The van der Waals surface area contributed by atoms with Crippen molar-refractivity contribution in [2.24, 2.45) is 0 Å². The Hall–Kier alpha value is -3.45. The molecule has 0 aromatic heterocycles. The van der Waals surface area contributed by atoms with Crippen molar-refractivity contribution in [1.82, 2.24) is 9.79 Å². The van der Waals surface area contributed by atoms with Crippen molar-refractivity contribution in [1.29, 1.82) is 0 Å². The van der Waals surface area contributed by atoms with E-state index in [0.717, 1.165) is 15.6 Å². The first kappa shape index (κ1) is 27.6. The Kier molecular flexibility index (Phi) is 9.00. The van der Waals surface area contributed by atoms with E-state index in [0.29, 0.717) is 28.6 Å². The molecule has 38 heavy (non-hydrogen) atoms. The second-order valence-electron chi connectivity index (χ2n) is 8.27. The smallest absolute Gasteiger partial charge is 0.262 e. The summed E-state index contributed by atoms with van der Waals surface area (Å²) >= 11 is 1.36. The summed E-state index contributed by atoms with van der Waals surface area (Å²) in [7, 11) is -1.13. The zero-order valence-electron chi connectivity index (χ0n) is 20.8. The molecule has 3 aromatic rings. The molecule has 0 unspecified atom stereocenters. The molecule has 1 heterocycles. The molecule has 0 spiro atoms. The Balaban J connectivity index is 1.64. The van der Waals surface area contributed by atoms with Crippen LogP contribution in [-0.4, -0.2) is 56.6 Å². The van der Waals surface area contributed by atoms with E-state index in [9.17, 15) is 18.4 Å². The fourth-order valence-corrected chi connectivity index (χ4v) is 6.61. The van der Waals surface area contributed by atoms with Gasteiger partial charge in [0.25, 0.3) is 5.91 Å². The highest BCUT2D eigenvalue weighted by molar-refractivity contribution is 7.98. The van der Waals surface area contributed by atoms with Gasteiger partial charge < -0.3 is 18.9 Å². The van der Waals surface area contributed by atoms with Crippen LogP contribution in [0.3, 0.4) is 0 Å². The van der Waals surface area contributed by atoms with Crippen LogP contribution in [0.1, 0.15) is 11.1 Å². The van der Waals surface area contributed by atoms with Gasteiger partial charge in [0.15, 0.2) is 11.5 Å². The molecule has 1 amide bonds. The average molecular weight is 561 g/mol. The third-order valence-electron chi connectivity index (χ3n) is 5.91. The van der Waals surface area contributed by atoms with E-state index in [2.05, 4.69) is 0 Å². The molecular formula is C26H28N2O8S2. The van der Waals surface area contributed by atoms with E-state index < -0.39 is 22.0 Å². The number of thioether (sulfide) groups is 1. The van der Waals surface area contributed by atoms with Crippen molar-refractivity contribution >= 4 is 27.7 Å². The first-order valence-electron chi connectivity index (χ1n) is 11.5. The van der Waals surface area contributed by atoms with E-state index >= 15 is 0 Å². The van der Waals surface area contributed by atoms with Crippen molar-refractivity contribution in [2.45, 2.75) is 23.2 Å². The Labute approximate surface area is 225 Å². The number of carbonyl (C=O) groups is 1. The first-order chi connectivity index (χ1) is 18.3. The second-order valence-corrected chi connectivity index (χ2v) is 11.2. The van der Waals surface area contributed by atoms with Crippen LogP contribution < -0.4 is 24.4 Å². The maximum atomic E-state index is 13.9. The molecular weight excluding hydrogens is 532 g/mol. The topological polar surface area (TPSA) is 124 Å². The van der Waals surface area contributed by atoms with Crippen molar-refractivity contribution in [3.63, 3.8) is 0 Å². The van der Waals surface area contributed by atoms with Gasteiger partial charge in [-0.1, -0.05) is 18.2 Å². The zero-order valence-corrected chi connectivity index (χ0v) is 22.5. The van der Waals surface area contributed by atoms with E-state index in [4.69, 9.17) is 18.9 Å². The second kappa shape index (κ2) is 12.4. The Morgan fingerprint density at radius 1 is 0.974 bits per heavy atom. The predicted octanol–water partition coefficient (Wildman–Crippen LogP) is 3.43. The number of fused-ring (bicyclic) bond motifs is 1. The summed E-state index contributed by atoms with van der Waals surface area (Å²) in [6, 6.07) is 17.2. The minimum absolute atomic E-state index is 0.0186. The minimum Gasteiger partial charge on any atom is -0.497 e. The van der Waals surface area contributed by atoms with Gasteiger partial charge in [-0.05, 0) is 59.7 Å². The van der Waals surface area contributed by atoms with Crippen LogP contribution in [0.4, 0.5) is 0 Å². The van der Waals surface area contributed by atoms with Crippen LogP contribution in [-0.2, 0) is 27.1 Å². The largest absolute Gasteiger partial charge is 0.497 e. The maximum Gasteiger partial charge on any atom is 0.262 e. The normalized spacial score (nSPS) is 13.3. The van der Waals surface area contributed by atoms with Gasteiger partial charge in [0.2, 0.25) is 16.8 Å². The summed E-state index contributed by atoms with van der Waals surface area (Å²) in [5, 5.41) is 9.53. The number of sulfonamides is 1. The van der Waals surface area contributed by atoms with Crippen LogP contribution in [0.25, 0.3) is 0 Å². The number of nitrogens with zero attached hydrogens (tertiary/aromatic N) is 1. The van der Waals surface area contributed by atoms with Crippen LogP contribution in [0.15, 0.2) is 71.6 Å². The molecule has 202 valence electrons. The quantitative estimate of drug-likeness (QED) is 0.253. The van der Waals surface area contributed by atoms with Gasteiger partial charge in [0.05, 0.1) is 19.1 Å². The number of benzene rings is 3. The number of hydrogen-bond donors (Lipinski definition) is 2. The summed E-state index contributed by atoms with van der Waals surface area (Å²) in [6.45, 7) is -0.0730. The molecule has 1 atom stereocenters. The highest BCUT2D eigenvalue weighted by Crippen LogP contribution is 2.34. The number of rotatable bonds is 12. The van der Waals surface area contributed by atoms with Crippen LogP contribution >= 0.6 is 11.8 Å². The lowest BCUT2D eigenvalue weighted by Gasteiger charge is -2.29.